The van der Waals surface area contributed by atoms with Gasteiger partial charge < -0.3 is 20.1 Å². The monoisotopic (exact) mass is 437 g/mol. The molecule has 7 nitrogen and oxygen atoms in total. The van der Waals surface area contributed by atoms with Crippen LogP contribution in [0.2, 0.25) is 0 Å². The quantitative estimate of drug-likeness (QED) is 0.521. The lowest BCUT2D eigenvalue weighted by Crippen LogP contribution is -2.59. The highest BCUT2D eigenvalue weighted by Crippen LogP contribution is 2.23. The molecule has 0 amide bonds. The van der Waals surface area contributed by atoms with Crippen LogP contribution in [0.25, 0.3) is 0 Å². The second-order valence-corrected chi connectivity index (χ2v) is 10.0. The molecule has 0 bridgehead atoms. The predicted molar refractivity (Wildman–Crippen MR) is 109 cm³/mol. The van der Waals surface area contributed by atoms with Crippen LogP contribution in [0.15, 0.2) is 40.6 Å². The van der Waals surface area contributed by atoms with E-state index >= 15 is 0 Å². The van der Waals surface area contributed by atoms with Crippen molar-refractivity contribution < 1.29 is 28.5 Å². The molecule has 1 fully saturated rings. The van der Waals surface area contributed by atoms with Gasteiger partial charge in [0.05, 0.1) is 11.0 Å². The molecule has 3 rings (SSSR count). The van der Waals surface area contributed by atoms with E-state index in [1.54, 1.807) is 13.0 Å². The zero-order valence-corrected chi connectivity index (χ0v) is 17.6. The van der Waals surface area contributed by atoms with Gasteiger partial charge in [-0.1, -0.05) is 24.0 Å². The van der Waals surface area contributed by atoms with Crippen molar-refractivity contribution in [3.05, 3.63) is 52.4 Å². The second kappa shape index (κ2) is 8.93. The first-order chi connectivity index (χ1) is 13.7. The van der Waals surface area contributed by atoms with Gasteiger partial charge >= 0.3 is 0 Å². The lowest BCUT2D eigenvalue weighted by Gasteiger charge is -2.39. The summed E-state index contributed by atoms with van der Waals surface area (Å²) in [6.07, 6.45) is -5.74. The van der Waals surface area contributed by atoms with E-state index in [1.165, 1.54) is 6.07 Å². The number of aryl methyl sites for hydroxylation is 1. The molecule has 29 heavy (non-hydrogen) atoms. The minimum absolute atomic E-state index is 0.0879. The Kier molecular flexibility index (Phi) is 6.76. The molecule has 9 heteroatoms. The lowest BCUT2D eigenvalue weighted by atomic mass is 9.96. The number of benzene rings is 1. The van der Waals surface area contributed by atoms with Crippen molar-refractivity contribution in [3.8, 4) is 11.8 Å². The molecule has 5 atom stereocenters. The second-order valence-electron chi connectivity index (χ2n) is 6.94. The number of rotatable bonds is 4. The van der Waals surface area contributed by atoms with Crippen LogP contribution >= 0.6 is 11.3 Å². The molecule has 2 aromatic rings. The van der Waals surface area contributed by atoms with E-state index in [1.807, 2.05) is 31.2 Å². The average Bonchev–Trinajstić information content (AvgIpc) is 3.17. The SMILES string of the molecule is Cc1cccc(C#Cc2ccc(S(=O)(=O)NC[C@H]3O[C@@H](C)[C@@H](O)[C@@H](O)[C@@H]3O)s2)c1. The van der Waals surface area contributed by atoms with Gasteiger partial charge in [0.15, 0.2) is 0 Å². The van der Waals surface area contributed by atoms with Crippen LogP contribution in [0.5, 0.6) is 0 Å². The van der Waals surface area contributed by atoms with Crippen LogP contribution in [0, 0.1) is 18.8 Å². The molecule has 0 unspecified atom stereocenters. The maximum atomic E-state index is 12.5. The minimum Gasteiger partial charge on any atom is -0.388 e. The fourth-order valence-electron chi connectivity index (χ4n) is 2.96. The summed E-state index contributed by atoms with van der Waals surface area (Å²) in [5.74, 6) is 5.97. The molecule has 4 N–H and O–H groups in total. The summed E-state index contributed by atoms with van der Waals surface area (Å²) in [6, 6.07) is 10.8. The van der Waals surface area contributed by atoms with E-state index in [-0.39, 0.29) is 10.8 Å². The Hall–Kier alpha value is -1.77. The molecule has 1 aromatic carbocycles. The van der Waals surface area contributed by atoms with Crippen LogP contribution < -0.4 is 4.72 Å². The van der Waals surface area contributed by atoms with Gasteiger partial charge in [-0.05, 0) is 43.7 Å². The molecule has 0 aliphatic carbocycles. The Morgan fingerprint density at radius 2 is 1.86 bits per heavy atom. The van der Waals surface area contributed by atoms with Crippen LogP contribution in [0.3, 0.4) is 0 Å². The summed E-state index contributed by atoms with van der Waals surface area (Å²) in [4.78, 5) is 0.605. The van der Waals surface area contributed by atoms with Crippen molar-refractivity contribution in [1.82, 2.24) is 4.72 Å². The summed E-state index contributed by atoms with van der Waals surface area (Å²) >= 11 is 1.04. The first-order valence-corrected chi connectivity index (χ1v) is 11.4. The highest BCUT2D eigenvalue weighted by Gasteiger charge is 2.41. The van der Waals surface area contributed by atoms with Crippen LogP contribution in [0.1, 0.15) is 22.9 Å². The first-order valence-electron chi connectivity index (χ1n) is 9.05. The first kappa shape index (κ1) is 21.9. The fourth-order valence-corrected chi connectivity index (χ4v) is 5.21. The average molecular weight is 438 g/mol. The van der Waals surface area contributed by atoms with Crippen LogP contribution in [-0.2, 0) is 14.8 Å². The van der Waals surface area contributed by atoms with Gasteiger partial charge in [0.1, 0.15) is 28.6 Å². The molecule has 1 saturated heterocycles. The van der Waals surface area contributed by atoms with Gasteiger partial charge in [-0.3, -0.25) is 0 Å². The Balaban J connectivity index is 1.66. The molecule has 0 saturated carbocycles. The van der Waals surface area contributed by atoms with Crippen molar-refractivity contribution in [2.75, 3.05) is 6.54 Å². The Bertz CT molecular complexity index is 1020. The minimum atomic E-state index is -3.83. The molecule has 2 heterocycles. The highest BCUT2D eigenvalue weighted by atomic mass is 32.2. The van der Waals surface area contributed by atoms with E-state index in [0.717, 1.165) is 22.5 Å². The zero-order chi connectivity index (χ0) is 21.2. The number of ether oxygens (including phenoxy) is 1. The van der Waals surface area contributed by atoms with Crippen LogP contribution in [-0.4, -0.2) is 60.8 Å². The number of sulfonamides is 1. The van der Waals surface area contributed by atoms with E-state index in [4.69, 9.17) is 4.74 Å². The molecule has 1 aliphatic rings. The van der Waals surface area contributed by atoms with E-state index in [2.05, 4.69) is 16.6 Å². The Morgan fingerprint density at radius 3 is 2.59 bits per heavy atom. The summed E-state index contributed by atoms with van der Waals surface area (Å²) < 4.78 is 33.0. The van der Waals surface area contributed by atoms with Gasteiger partial charge in [0.25, 0.3) is 0 Å². The molecular formula is C20H23NO6S2. The number of hydrogen-bond donors (Lipinski definition) is 4. The van der Waals surface area contributed by atoms with Gasteiger partial charge in [0.2, 0.25) is 10.0 Å². The number of aliphatic hydroxyl groups is 3. The summed E-state index contributed by atoms with van der Waals surface area (Å²) in [6.45, 7) is 3.28. The third-order valence-electron chi connectivity index (χ3n) is 4.62. The largest absolute Gasteiger partial charge is 0.388 e. The van der Waals surface area contributed by atoms with Crippen molar-refractivity contribution >= 4 is 21.4 Å². The number of hydrogen-bond acceptors (Lipinski definition) is 7. The van der Waals surface area contributed by atoms with Gasteiger partial charge in [-0.25, -0.2) is 13.1 Å². The zero-order valence-electron chi connectivity index (χ0n) is 15.9. The van der Waals surface area contributed by atoms with Gasteiger partial charge in [0, 0.05) is 12.1 Å². The lowest BCUT2D eigenvalue weighted by molar-refractivity contribution is -0.214. The number of thiophene rings is 1. The standard InChI is InChI=1S/C20H23NO6S2/c1-12-4-3-5-14(10-12)6-7-15-8-9-17(28-15)29(25,26)21-11-16-19(23)20(24)18(22)13(2)27-16/h3-5,8-10,13,16,18-24H,11H2,1-2H3/t13-,16+,18+,19+,20+/m0/s1. The molecular weight excluding hydrogens is 414 g/mol. The third kappa shape index (κ3) is 5.24. The van der Waals surface area contributed by atoms with Crippen molar-refractivity contribution in [2.24, 2.45) is 0 Å². The molecule has 0 radical (unpaired) electrons. The molecule has 0 spiro atoms. The van der Waals surface area contributed by atoms with Crippen LogP contribution in [0.4, 0.5) is 0 Å². The number of nitrogens with one attached hydrogen (secondary N) is 1. The fraction of sp³-hybridized carbons (Fsp3) is 0.400. The van der Waals surface area contributed by atoms with E-state index in [0.29, 0.717) is 4.88 Å². The van der Waals surface area contributed by atoms with Gasteiger partial charge in [-0.15, -0.1) is 11.3 Å². The van der Waals surface area contributed by atoms with Crippen molar-refractivity contribution in [3.63, 3.8) is 0 Å². The maximum Gasteiger partial charge on any atom is 0.250 e. The molecule has 1 aliphatic heterocycles. The summed E-state index contributed by atoms with van der Waals surface area (Å²) in [5, 5.41) is 29.6. The topological polar surface area (TPSA) is 116 Å². The van der Waals surface area contributed by atoms with Crippen molar-refractivity contribution in [2.45, 2.75) is 48.6 Å². The normalized spacial score (nSPS) is 27.3. The predicted octanol–water partition coefficient (Wildman–Crippen LogP) is 0.605. The summed E-state index contributed by atoms with van der Waals surface area (Å²) in [7, 11) is -3.83. The maximum absolute atomic E-state index is 12.5. The Morgan fingerprint density at radius 1 is 1.10 bits per heavy atom. The van der Waals surface area contributed by atoms with E-state index < -0.39 is 40.5 Å². The highest BCUT2D eigenvalue weighted by molar-refractivity contribution is 7.91. The third-order valence-corrected chi connectivity index (χ3v) is 7.54. The van der Waals surface area contributed by atoms with Crippen molar-refractivity contribution in [1.29, 1.82) is 0 Å². The Labute approximate surface area is 174 Å². The molecule has 156 valence electrons. The molecule has 1 aromatic heterocycles. The number of aliphatic hydroxyl groups excluding tert-OH is 3. The smallest absolute Gasteiger partial charge is 0.250 e. The van der Waals surface area contributed by atoms with Gasteiger partial charge in [-0.2, -0.15) is 0 Å². The van der Waals surface area contributed by atoms with E-state index in [9.17, 15) is 23.7 Å². The summed E-state index contributed by atoms with van der Waals surface area (Å²) in [5.41, 5.74) is 1.94.